The third kappa shape index (κ3) is 2.98. The molecule has 0 N–H and O–H groups in total. The highest BCUT2D eigenvalue weighted by Gasteiger charge is 2.30. The van der Waals surface area contributed by atoms with Crippen molar-refractivity contribution in [3.8, 4) is 11.5 Å². The Morgan fingerprint density at radius 3 is 2.71 bits per heavy atom. The summed E-state index contributed by atoms with van der Waals surface area (Å²) in [7, 11) is 0. The summed E-state index contributed by atoms with van der Waals surface area (Å²) in [6, 6.07) is 10.00. The Morgan fingerprint density at radius 2 is 2.00 bits per heavy atom. The zero-order chi connectivity index (χ0) is 16.5. The van der Waals surface area contributed by atoms with Gasteiger partial charge in [0.2, 0.25) is 5.89 Å². The highest BCUT2D eigenvalue weighted by Crippen LogP contribution is 2.40. The minimum absolute atomic E-state index is 0.616. The van der Waals surface area contributed by atoms with Crippen molar-refractivity contribution in [1.29, 1.82) is 0 Å². The Bertz CT molecular complexity index is 836. The van der Waals surface area contributed by atoms with Crippen LogP contribution in [-0.4, -0.2) is 19.7 Å². The van der Waals surface area contributed by atoms with E-state index in [1.165, 1.54) is 12.8 Å². The van der Waals surface area contributed by atoms with Crippen LogP contribution in [0.25, 0.3) is 11.5 Å². The molecule has 5 nitrogen and oxygen atoms in total. The highest BCUT2D eigenvalue weighted by atomic mass is 32.2. The average Bonchev–Trinajstić information content (AvgIpc) is 3.27. The second-order valence-corrected chi connectivity index (χ2v) is 6.98. The molecule has 124 valence electrons. The number of aromatic nitrogens is 4. The van der Waals surface area contributed by atoms with Gasteiger partial charge in [0, 0.05) is 23.8 Å². The first-order chi connectivity index (χ1) is 11.8. The van der Waals surface area contributed by atoms with Crippen LogP contribution in [0.4, 0.5) is 0 Å². The molecule has 0 aliphatic heterocycles. The van der Waals surface area contributed by atoms with E-state index >= 15 is 0 Å². The molecule has 0 spiro atoms. The molecule has 0 amide bonds. The van der Waals surface area contributed by atoms with Crippen molar-refractivity contribution >= 4 is 11.8 Å². The summed E-state index contributed by atoms with van der Waals surface area (Å²) in [6.07, 6.45) is 2.48. The van der Waals surface area contributed by atoms with Crippen molar-refractivity contribution in [3.63, 3.8) is 0 Å². The summed E-state index contributed by atoms with van der Waals surface area (Å²) in [6.45, 7) is 5.03. The van der Waals surface area contributed by atoms with Crippen molar-refractivity contribution in [2.45, 2.75) is 50.1 Å². The Labute approximate surface area is 145 Å². The van der Waals surface area contributed by atoms with Crippen molar-refractivity contribution in [2.75, 3.05) is 0 Å². The summed E-state index contributed by atoms with van der Waals surface area (Å²) >= 11 is 1.68. The van der Waals surface area contributed by atoms with E-state index in [9.17, 15) is 0 Å². The van der Waals surface area contributed by atoms with Crippen LogP contribution in [0, 0.1) is 6.92 Å². The van der Waals surface area contributed by atoms with Crippen LogP contribution in [0.15, 0.2) is 39.9 Å². The molecule has 2 aromatic heterocycles. The van der Waals surface area contributed by atoms with E-state index in [1.54, 1.807) is 11.8 Å². The Morgan fingerprint density at radius 1 is 1.21 bits per heavy atom. The zero-order valence-electron chi connectivity index (χ0n) is 13.9. The molecule has 6 heteroatoms. The smallest absolute Gasteiger partial charge is 0.226 e. The van der Waals surface area contributed by atoms with E-state index in [0.29, 0.717) is 11.8 Å². The molecule has 1 aliphatic carbocycles. The Hall–Kier alpha value is -2.08. The van der Waals surface area contributed by atoms with Gasteiger partial charge in [-0.05, 0) is 38.8 Å². The van der Waals surface area contributed by atoms with Crippen molar-refractivity contribution in [1.82, 2.24) is 19.7 Å². The van der Waals surface area contributed by atoms with E-state index in [1.807, 2.05) is 37.3 Å². The van der Waals surface area contributed by atoms with Crippen molar-refractivity contribution in [3.05, 3.63) is 47.6 Å². The maximum atomic E-state index is 5.83. The molecule has 0 atom stereocenters. The summed E-state index contributed by atoms with van der Waals surface area (Å²) in [5.41, 5.74) is 1.97. The van der Waals surface area contributed by atoms with Gasteiger partial charge in [-0.2, -0.15) is 0 Å². The first-order valence-electron chi connectivity index (χ1n) is 8.34. The molecule has 0 unspecified atom stereocenters. The summed E-state index contributed by atoms with van der Waals surface area (Å²) in [5.74, 6) is 4.04. The van der Waals surface area contributed by atoms with Crippen molar-refractivity contribution < 1.29 is 4.42 Å². The topological polar surface area (TPSA) is 56.7 Å². The lowest BCUT2D eigenvalue weighted by Crippen LogP contribution is -2.02. The largest absolute Gasteiger partial charge is 0.441 e. The molecule has 0 saturated heterocycles. The quantitative estimate of drug-likeness (QED) is 0.621. The van der Waals surface area contributed by atoms with Crippen LogP contribution in [-0.2, 0) is 12.3 Å². The van der Waals surface area contributed by atoms with E-state index in [2.05, 4.69) is 26.7 Å². The van der Waals surface area contributed by atoms with E-state index < -0.39 is 0 Å². The normalized spacial score (nSPS) is 14.2. The second kappa shape index (κ2) is 6.43. The molecule has 24 heavy (non-hydrogen) atoms. The monoisotopic (exact) mass is 340 g/mol. The summed E-state index contributed by atoms with van der Waals surface area (Å²) < 4.78 is 8.06. The van der Waals surface area contributed by atoms with Gasteiger partial charge in [-0.25, -0.2) is 4.98 Å². The number of hydrogen-bond donors (Lipinski definition) is 0. The van der Waals surface area contributed by atoms with Gasteiger partial charge in [0.25, 0.3) is 0 Å². The molecule has 1 saturated carbocycles. The maximum Gasteiger partial charge on any atom is 0.226 e. The van der Waals surface area contributed by atoms with Crippen LogP contribution in [0.3, 0.4) is 0 Å². The number of aryl methyl sites for hydroxylation is 1. The fourth-order valence-electron chi connectivity index (χ4n) is 2.75. The minimum Gasteiger partial charge on any atom is -0.441 e. The van der Waals surface area contributed by atoms with Crippen LogP contribution < -0.4 is 0 Å². The third-order valence-corrected chi connectivity index (χ3v) is 5.23. The molecule has 0 radical (unpaired) electrons. The van der Waals surface area contributed by atoms with Crippen molar-refractivity contribution in [2.24, 2.45) is 0 Å². The van der Waals surface area contributed by atoms with Gasteiger partial charge in [0.15, 0.2) is 5.16 Å². The third-order valence-electron chi connectivity index (χ3n) is 4.26. The van der Waals surface area contributed by atoms with Gasteiger partial charge >= 0.3 is 0 Å². The summed E-state index contributed by atoms with van der Waals surface area (Å²) in [5, 5.41) is 9.74. The SMILES string of the molecule is CCn1c(SCc2nc(-c3ccccc3)oc2C)nnc1C1CC1. The fraction of sp³-hybridized carbons (Fsp3) is 0.389. The standard InChI is InChI=1S/C18H20N4OS/c1-3-22-16(13-9-10-13)20-21-18(22)24-11-15-12(2)23-17(19-15)14-7-5-4-6-8-14/h4-8,13H,3,9-11H2,1-2H3. The molecular weight excluding hydrogens is 320 g/mol. The van der Waals surface area contributed by atoms with Crippen LogP contribution in [0.5, 0.6) is 0 Å². The van der Waals surface area contributed by atoms with Gasteiger partial charge in [0.1, 0.15) is 11.6 Å². The molecule has 4 rings (SSSR count). The van der Waals surface area contributed by atoms with Gasteiger partial charge in [0.05, 0.1) is 5.69 Å². The zero-order valence-corrected chi connectivity index (χ0v) is 14.7. The van der Waals surface area contributed by atoms with Gasteiger partial charge in [-0.15, -0.1) is 10.2 Å². The number of thioether (sulfide) groups is 1. The van der Waals surface area contributed by atoms with E-state index in [0.717, 1.165) is 40.3 Å². The second-order valence-electron chi connectivity index (χ2n) is 6.04. The molecule has 1 fully saturated rings. The number of rotatable bonds is 6. The number of oxazole rings is 1. The predicted molar refractivity (Wildman–Crippen MR) is 93.9 cm³/mol. The Balaban J connectivity index is 1.51. The van der Waals surface area contributed by atoms with Crippen LogP contribution in [0.2, 0.25) is 0 Å². The number of nitrogens with zero attached hydrogens (tertiary/aromatic N) is 4. The molecule has 3 aromatic rings. The highest BCUT2D eigenvalue weighted by molar-refractivity contribution is 7.98. The number of benzene rings is 1. The van der Waals surface area contributed by atoms with Crippen LogP contribution >= 0.6 is 11.8 Å². The predicted octanol–water partition coefficient (Wildman–Crippen LogP) is 4.43. The van der Waals surface area contributed by atoms with Gasteiger partial charge < -0.3 is 8.98 Å². The van der Waals surface area contributed by atoms with Gasteiger partial charge in [-0.1, -0.05) is 30.0 Å². The lowest BCUT2D eigenvalue weighted by molar-refractivity contribution is 0.540. The van der Waals surface area contributed by atoms with E-state index in [4.69, 9.17) is 4.42 Å². The lowest BCUT2D eigenvalue weighted by Gasteiger charge is -2.05. The molecular formula is C18H20N4OS. The Kier molecular flexibility index (Phi) is 4.14. The van der Waals surface area contributed by atoms with Crippen LogP contribution in [0.1, 0.15) is 43.0 Å². The number of hydrogen-bond acceptors (Lipinski definition) is 5. The maximum absolute atomic E-state index is 5.83. The van der Waals surface area contributed by atoms with E-state index in [-0.39, 0.29) is 0 Å². The molecule has 1 aliphatic rings. The fourth-order valence-corrected chi connectivity index (χ4v) is 3.76. The molecule has 2 heterocycles. The first-order valence-corrected chi connectivity index (χ1v) is 9.32. The molecule has 1 aromatic carbocycles. The average molecular weight is 340 g/mol. The van der Waals surface area contributed by atoms with Gasteiger partial charge in [-0.3, -0.25) is 0 Å². The first kappa shape index (κ1) is 15.4. The molecule has 0 bridgehead atoms. The lowest BCUT2D eigenvalue weighted by atomic mass is 10.2. The minimum atomic E-state index is 0.616. The summed E-state index contributed by atoms with van der Waals surface area (Å²) in [4.78, 5) is 4.66.